The normalized spacial score (nSPS) is 10.7. The molecule has 38 heavy (non-hydrogen) atoms. The number of hydrogen-bond acceptors (Lipinski definition) is 8. The van der Waals surface area contributed by atoms with Gasteiger partial charge in [0.25, 0.3) is 0 Å². The van der Waals surface area contributed by atoms with Crippen LogP contribution in [0.4, 0.5) is 0 Å². The zero-order valence-electron chi connectivity index (χ0n) is 21.2. The van der Waals surface area contributed by atoms with E-state index in [9.17, 15) is 19.5 Å². The number of carboxylic acid groups (broad SMARTS) is 1. The monoisotopic (exact) mass is 518 g/mol. The van der Waals surface area contributed by atoms with Gasteiger partial charge in [-0.3, -0.25) is 0 Å². The van der Waals surface area contributed by atoms with Crippen molar-refractivity contribution < 1.29 is 43.2 Å². The van der Waals surface area contributed by atoms with Gasteiger partial charge >= 0.3 is 17.9 Å². The molecule has 9 heteroatoms. The molecule has 0 amide bonds. The van der Waals surface area contributed by atoms with E-state index in [2.05, 4.69) is 9.47 Å². The van der Waals surface area contributed by atoms with E-state index in [1.165, 1.54) is 40.6 Å². The molecule has 0 radical (unpaired) electrons. The van der Waals surface area contributed by atoms with Crippen molar-refractivity contribution in [2.24, 2.45) is 0 Å². The number of carboxylic acids is 1. The first kappa shape index (κ1) is 27.5. The van der Waals surface area contributed by atoms with E-state index >= 15 is 0 Å². The SMILES string of the molecule is COC(=O)C(=Cc1ccc(Oc2ccc(C(=Cc3cc(OC)cc(OC)c3)C(=O)O)cc2)cc1)C(=O)OC. The number of ether oxygens (including phenoxy) is 5. The Morgan fingerprint density at radius 3 is 1.58 bits per heavy atom. The van der Waals surface area contributed by atoms with E-state index < -0.39 is 17.9 Å². The van der Waals surface area contributed by atoms with Crippen molar-refractivity contribution >= 4 is 35.6 Å². The van der Waals surface area contributed by atoms with Gasteiger partial charge in [-0.2, -0.15) is 0 Å². The Kier molecular flexibility index (Phi) is 9.26. The zero-order chi connectivity index (χ0) is 27.7. The lowest BCUT2D eigenvalue weighted by Crippen LogP contribution is -2.15. The fraction of sp³-hybridized carbons (Fsp3) is 0.138. The van der Waals surface area contributed by atoms with Crippen molar-refractivity contribution in [3.05, 3.63) is 89.0 Å². The van der Waals surface area contributed by atoms with Crippen LogP contribution in [0.15, 0.2) is 72.3 Å². The molecule has 0 aliphatic carbocycles. The summed E-state index contributed by atoms with van der Waals surface area (Å²) in [6, 6.07) is 18.3. The van der Waals surface area contributed by atoms with Crippen LogP contribution >= 0.6 is 0 Å². The molecule has 0 fully saturated rings. The van der Waals surface area contributed by atoms with E-state index in [1.54, 1.807) is 66.7 Å². The summed E-state index contributed by atoms with van der Waals surface area (Å²) in [6.45, 7) is 0. The molecule has 0 spiro atoms. The van der Waals surface area contributed by atoms with Gasteiger partial charge in [0.05, 0.1) is 34.0 Å². The summed E-state index contributed by atoms with van der Waals surface area (Å²) in [5.74, 6) is -0.660. The van der Waals surface area contributed by atoms with Gasteiger partial charge < -0.3 is 28.8 Å². The Morgan fingerprint density at radius 1 is 0.632 bits per heavy atom. The van der Waals surface area contributed by atoms with Crippen molar-refractivity contribution in [1.29, 1.82) is 0 Å². The fourth-order valence-electron chi connectivity index (χ4n) is 3.41. The third-order valence-corrected chi connectivity index (χ3v) is 5.32. The Morgan fingerprint density at radius 2 is 1.13 bits per heavy atom. The predicted octanol–water partition coefficient (Wildman–Crippen LogP) is 4.85. The smallest absolute Gasteiger partial charge is 0.345 e. The maximum atomic E-state index is 12.0. The molecule has 3 rings (SSSR count). The van der Waals surface area contributed by atoms with Crippen molar-refractivity contribution in [2.45, 2.75) is 0 Å². The van der Waals surface area contributed by atoms with Gasteiger partial charge in [0.1, 0.15) is 28.6 Å². The Hall–Kier alpha value is -5.05. The van der Waals surface area contributed by atoms with Gasteiger partial charge in [0.2, 0.25) is 0 Å². The molecule has 0 atom stereocenters. The molecular formula is C29H26O9. The third kappa shape index (κ3) is 7.01. The van der Waals surface area contributed by atoms with Gasteiger partial charge in [0.15, 0.2) is 0 Å². The number of aliphatic carboxylic acids is 1. The summed E-state index contributed by atoms with van der Waals surface area (Å²) in [7, 11) is 5.38. The summed E-state index contributed by atoms with van der Waals surface area (Å²) < 4.78 is 25.6. The first-order valence-corrected chi connectivity index (χ1v) is 11.2. The first-order valence-electron chi connectivity index (χ1n) is 11.2. The lowest BCUT2D eigenvalue weighted by Gasteiger charge is -2.09. The molecule has 9 nitrogen and oxygen atoms in total. The standard InChI is InChI=1S/C29H26O9/c1-34-23-13-19(14-24(17-23)35-2)16-25(27(30)31)20-7-11-22(12-8-20)38-21-9-5-18(6-10-21)15-26(28(32)36-3)29(33)37-4/h5-17H,1-4H3,(H,30,31). The lowest BCUT2D eigenvalue weighted by molar-refractivity contribution is -0.144. The topological polar surface area (TPSA) is 118 Å². The molecular weight excluding hydrogens is 492 g/mol. The van der Waals surface area contributed by atoms with Crippen molar-refractivity contribution in [3.8, 4) is 23.0 Å². The minimum atomic E-state index is -1.10. The lowest BCUT2D eigenvalue weighted by atomic mass is 10.0. The summed E-state index contributed by atoms with van der Waals surface area (Å²) in [5.41, 5.74) is 1.48. The molecule has 0 saturated heterocycles. The number of esters is 2. The quantitative estimate of drug-likeness (QED) is 0.132. The van der Waals surface area contributed by atoms with Crippen LogP contribution in [0.2, 0.25) is 0 Å². The zero-order valence-corrected chi connectivity index (χ0v) is 21.2. The molecule has 0 saturated carbocycles. The number of carbonyl (C=O) groups is 3. The van der Waals surface area contributed by atoms with Gasteiger partial charge in [-0.05, 0) is 65.2 Å². The third-order valence-electron chi connectivity index (χ3n) is 5.32. The second-order valence-electron chi connectivity index (χ2n) is 7.75. The molecule has 0 heterocycles. The second-order valence-corrected chi connectivity index (χ2v) is 7.75. The Labute approximate surface area is 219 Å². The predicted molar refractivity (Wildman–Crippen MR) is 140 cm³/mol. The van der Waals surface area contributed by atoms with E-state index in [0.717, 1.165) is 0 Å². The molecule has 1 N–H and O–H groups in total. The van der Waals surface area contributed by atoms with Crippen LogP contribution in [-0.4, -0.2) is 51.5 Å². The second kappa shape index (κ2) is 12.8. The summed E-state index contributed by atoms with van der Waals surface area (Å²) in [6.07, 6.45) is 2.89. The number of benzene rings is 3. The number of carbonyl (C=O) groups excluding carboxylic acids is 2. The van der Waals surface area contributed by atoms with E-state index in [0.29, 0.717) is 39.7 Å². The van der Waals surface area contributed by atoms with Crippen LogP contribution in [0.5, 0.6) is 23.0 Å². The maximum Gasteiger partial charge on any atom is 0.345 e. The summed E-state index contributed by atoms with van der Waals surface area (Å²) in [5, 5.41) is 9.81. The molecule has 196 valence electrons. The van der Waals surface area contributed by atoms with Crippen molar-refractivity contribution in [1.82, 2.24) is 0 Å². The van der Waals surface area contributed by atoms with E-state index in [4.69, 9.17) is 14.2 Å². The molecule has 0 unspecified atom stereocenters. The average Bonchev–Trinajstić information content (AvgIpc) is 2.94. The van der Waals surface area contributed by atoms with E-state index in [-0.39, 0.29) is 11.1 Å². The number of methoxy groups -OCH3 is 4. The minimum absolute atomic E-state index is 0.0787. The fourth-order valence-corrected chi connectivity index (χ4v) is 3.41. The average molecular weight is 519 g/mol. The molecule has 0 aliphatic heterocycles. The molecule has 3 aromatic carbocycles. The highest BCUT2D eigenvalue weighted by molar-refractivity contribution is 6.20. The maximum absolute atomic E-state index is 12.0. The van der Waals surface area contributed by atoms with Gasteiger partial charge in [-0.25, -0.2) is 14.4 Å². The first-order chi connectivity index (χ1) is 18.3. The molecule has 0 aromatic heterocycles. The van der Waals surface area contributed by atoms with Crippen molar-refractivity contribution in [3.63, 3.8) is 0 Å². The number of hydrogen-bond donors (Lipinski definition) is 1. The van der Waals surface area contributed by atoms with Crippen LogP contribution < -0.4 is 14.2 Å². The van der Waals surface area contributed by atoms with E-state index in [1.807, 2.05) is 0 Å². The molecule has 0 aliphatic rings. The van der Waals surface area contributed by atoms with Crippen LogP contribution in [0.3, 0.4) is 0 Å². The van der Waals surface area contributed by atoms with Crippen LogP contribution in [0.1, 0.15) is 16.7 Å². The molecule has 3 aromatic rings. The van der Waals surface area contributed by atoms with Crippen molar-refractivity contribution in [2.75, 3.05) is 28.4 Å². The van der Waals surface area contributed by atoms with Gasteiger partial charge in [-0.15, -0.1) is 0 Å². The van der Waals surface area contributed by atoms with Crippen LogP contribution in [0.25, 0.3) is 17.7 Å². The summed E-state index contributed by atoms with van der Waals surface area (Å²) >= 11 is 0. The number of rotatable bonds is 10. The van der Waals surface area contributed by atoms with Gasteiger partial charge in [0, 0.05) is 6.07 Å². The Bertz CT molecular complexity index is 1330. The summed E-state index contributed by atoms with van der Waals surface area (Å²) in [4.78, 5) is 35.7. The molecule has 0 bridgehead atoms. The van der Waals surface area contributed by atoms with Crippen LogP contribution in [0, 0.1) is 0 Å². The Balaban J connectivity index is 1.80. The highest BCUT2D eigenvalue weighted by atomic mass is 16.5. The minimum Gasteiger partial charge on any atom is -0.497 e. The highest BCUT2D eigenvalue weighted by Crippen LogP contribution is 2.28. The van der Waals surface area contributed by atoms with Crippen LogP contribution in [-0.2, 0) is 23.9 Å². The largest absolute Gasteiger partial charge is 0.497 e. The highest BCUT2D eigenvalue weighted by Gasteiger charge is 2.19. The van der Waals surface area contributed by atoms with Gasteiger partial charge in [-0.1, -0.05) is 24.3 Å².